The number of benzene rings is 7. The van der Waals surface area contributed by atoms with Crippen molar-refractivity contribution < 1.29 is 4.42 Å². The van der Waals surface area contributed by atoms with Gasteiger partial charge < -0.3 is 13.6 Å². The molecule has 0 saturated carbocycles. The summed E-state index contributed by atoms with van der Waals surface area (Å²) in [6.45, 7) is 0. The van der Waals surface area contributed by atoms with Crippen LogP contribution in [0.5, 0.6) is 0 Å². The molecule has 10 aromatic rings. The first-order valence-corrected chi connectivity index (χ1v) is 16.1. The summed E-state index contributed by atoms with van der Waals surface area (Å²) in [5.74, 6) is 0. The summed E-state index contributed by atoms with van der Waals surface area (Å²) in [5.41, 5.74) is 10.2. The Morgan fingerprint density at radius 1 is 0.449 bits per heavy atom. The monoisotopic (exact) mass is 624 g/mol. The van der Waals surface area contributed by atoms with E-state index in [2.05, 4.69) is 112 Å². The lowest BCUT2D eigenvalue weighted by Gasteiger charge is -2.17. The maximum Gasteiger partial charge on any atom is 0.136 e. The summed E-state index contributed by atoms with van der Waals surface area (Å²) < 4.78 is 10.7. The Morgan fingerprint density at radius 3 is 1.69 bits per heavy atom. The van der Waals surface area contributed by atoms with Gasteiger partial charge in [-0.15, -0.1) is 0 Å². The molecular weight excluding hydrogens is 601 g/mol. The van der Waals surface area contributed by atoms with E-state index in [0.717, 1.165) is 82.4 Å². The highest BCUT2D eigenvalue weighted by molar-refractivity contribution is 6.17. The minimum absolute atomic E-state index is 0.350. The fraction of sp³-hybridized carbons (Fsp3) is 0. The van der Waals surface area contributed by atoms with Crippen molar-refractivity contribution >= 4 is 65.6 Å². The summed E-state index contributed by atoms with van der Waals surface area (Å²) in [4.78, 5) is 0. The van der Waals surface area contributed by atoms with Gasteiger partial charge in [0, 0.05) is 43.6 Å². The Labute approximate surface area is 280 Å². The van der Waals surface area contributed by atoms with Crippen LogP contribution in [0.4, 0.5) is 0 Å². The lowest BCUT2D eigenvalue weighted by Crippen LogP contribution is -2.03. The number of nitriles is 2. The predicted molar refractivity (Wildman–Crippen MR) is 197 cm³/mol. The first-order valence-electron chi connectivity index (χ1n) is 16.1. The molecule has 5 nitrogen and oxygen atoms in total. The van der Waals surface area contributed by atoms with E-state index in [-0.39, 0.29) is 0 Å². The zero-order chi connectivity index (χ0) is 32.6. The second kappa shape index (κ2) is 10.2. The molecule has 5 heteroatoms. The van der Waals surface area contributed by atoms with Crippen molar-refractivity contribution in [1.29, 1.82) is 10.5 Å². The van der Waals surface area contributed by atoms with Crippen LogP contribution in [-0.4, -0.2) is 9.13 Å². The van der Waals surface area contributed by atoms with Crippen molar-refractivity contribution in [2.24, 2.45) is 0 Å². The summed E-state index contributed by atoms with van der Waals surface area (Å²) >= 11 is 0. The van der Waals surface area contributed by atoms with Gasteiger partial charge in [0.05, 0.1) is 38.9 Å². The third-order valence-corrected chi connectivity index (χ3v) is 9.82. The highest BCUT2D eigenvalue weighted by Crippen LogP contribution is 2.41. The smallest absolute Gasteiger partial charge is 0.136 e. The zero-order valence-corrected chi connectivity index (χ0v) is 26.1. The third-order valence-electron chi connectivity index (χ3n) is 9.82. The number of aromatic nitrogens is 2. The average molecular weight is 625 g/mol. The molecule has 0 fully saturated rings. The Bertz CT molecular complexity index is 3020. The van der Waals surface area contributed by atoms with Gasteiger partial charge >= 0.3 is 0 Å². The maximum atomic E-state index is 10.5. The van der Waals surface area contributed by atoms with Crippen LogP contribution < -0.4 is 0 Å². The highest BCUT2D eigenvalue weighted by Gasteiger charge is 2.22. The third kappa shape index (κ3) is 3.79. The molecular formula is C44H24N4O. The first kappa shape index (κ1) is 27.1. The van der Waals surface area contributed by atoms with E-state index in [1.54, 1.807) is 6.07 Å². The van der Waals surface area contributed by atoms with E-state index in [1.807, 2.05) is 48.5 Å². The molecule has 226 valence electrons. The number of hydrogen-bond donors (Lipinski definition) is 0. The Balaban J connectivity index is 1.21. The standard InChI is InChI=1S/C44H24N4O/c45-25-28-19-22-30(44(37(28)26-46)48-39-14-6-1-9-31(39)32-10-2-7-15-40(32)48)27-17-20-29(21-18-27)47-38-13-5-3-11-33(38)35-24-43-36(23-41(35)47)34-12-4-8-16-42(34)49-43/h1-24H. The average Bonchev–Trinajstić information content (AvgIpc) is 3.80. The minimum Gasteiger partial charge on any atom is -0.456 e. The summed E-state index contributed by atoms with van der Waals surface area (Å²) in [6, 6.07) is 54.4. The van der Waals surface area contributed by atoms with Gasteiger partial charge in [0.1, 0.15) is 23.3 Å². The van der Waals surface area contributed by atoms with Crippen LogP contribution in [0.1, 0.15) is 11.1 Å². The van der Waals surface area contributed by atoms with E-state index < -0.39 is 0 Å². The topological polar surface area (TPSA) is 70.6 Å². The number of furan rings is 1. The molecule has 3 heterocycles. The fourth-order valence-corrected chi connectivity index (χ4v) is 7.68. The van der Waals surface area contributed by atoms with Crippen LogP contribution in [-0.2, 0) is 0 Å². The molecule has 0 atom stereocenters. The molecule has 7 aromatic carbocycles. The van der Waals surface area contributed by atoms with Crippen LogP contribution >= 0.6 is 0 Å². The number of para-hydroxylation sites is 4. The van der Waals surface area contributed by atoms with Crippen molar-refractivity contribution in [1.82, 2.24) is 9.13 Å². The molecule has 0 radical (unpaired) electrons. The molecule has 10 rings (SSSR count). The fourth-order valence-electron chi connectivity index (χ4n) is 7.68. The van der Waals surface area contributed by atoms with Crippen LogP contribution in [0.15, 0.2) is 150 Å². The summed E-state index contributed by atoms with van der Waals surface area (Å²) in [7, 11) is 0. The molecule has 3 aromatic heterocycles. The molecule has 0 bridgehead atoms. The Hall–Kier alpha value is -7.08. The number of rotatable bonds is 3. The first-order chi connectivity index (χ1) is 24.2. The minimum atomic E-state index is 0.350. The lowest BCUT2D eigenvalue weighted by molar-refractivity contribution is 0.669. The summed E-state index contributed by atoms with van der Waals surface area (Å²) in [6.07, 6.45) is 0. The largest absolute Gasteiger partial charge is 0.456 e. The normalized spacial score (nSPS) is 11.6. The molecule has 0 spiro atoms. The molecule has 0 unspecified atom stereocenters. The van der Waals surface area contributed by atoms with Crippen LogP contribution in [0.25, 0.3) is 88.1 Å². The number of fused-ring (bicyclic) bond motifs is 9. The van der Waals surface area contributed by atoms with Gasteiger partial charge in [0.25, 0.3) is 0 Å². The van der Waals surface area contributed by atoms with E-state index >= 15 is 0 Å². The van der Waals surface area contributed by atoms with Crippen molar-refractivity contribution in [3.8, 4) is 34.6 Å². The number of hydrogen-bond acceptors (Lipinski definition) is 3. The zero-order valence-electron chi connectivity index (χ0n) is 26.1. The maximum absolute atomic E-state index is 10.5. The van der Waals surface area contributed by atoms with Crippen molar-refractivity contribution in [3.05, 3.63) is 157 Å². The van der Waals surface area contributed by atoms with Crippen molar-refractivity contribution in [2.45, 2.75) is 0 Å². The molecule has 0 aliphatic carbocycles. The number of nitrogens with zero attached hydrogens (tertiary/aromatic N) is 4. The SMILES string of the molecule is N#Cc1ccc(-c2ccc(-n3c4ccccc4c4cc5oc6ccccc6c5cc43)cc2)c(-n2c3ccccc3c3ccccc32)c1C#N. The molecule has 49 heavy (non-hydrogen) atoms. The van der Waals surface area contributed by atoms with Gasteiger partial charge in [-0.1, -0.05) is 91.0 Å². The highest BCUT2D eigenvalue weighted by atomic mass is 16.3. The molecule has 0 aliphatic rings. The van der Waals surface area contributed by atoms with E-state index in [1.165, 1.54) is 0 Å². The van der Waals surface area contributed by atoms with Gasteiger partial charge in [0.2, 0.25) is 0 Å². The van der Waals surface area contributed by atoms with Crippen molar-refractivity contribution in [2.75, 3.05) is 0 Å². The van der Waals surface area contributed by atoms with E-state index in [4.69, 9.17) is 4.42 Å². The van der Waals surface area contributed by atoms with Gasteiger partial charge in [-0.3, -0.25) is 0 Å². The molecule has 0 saturated heterocycles. The molecule has 0 N–H and O–H groups in total. The van der Waals surface area contributed by atoms with Crippen LogP contribution in [0.3, 0.4) is 0 Å². The lowest BCUT2D eigenvalue weighted by atomic mass is 9.96. The van der Waals surface area contributed by atoms with Crippen molar-refractivity contribution in [3.63, 3.8) is 0 Å². The summed E-state index contributed by atoms with van der Waals surface area (Å²) in [5, 5.41) is 27.2. The second-order valence-electron chi connectivity index (χ2n) is 12.3. The molecule has 0 amide bonds. The predicted octanol–water partition coefficient (Wildman–Crippen LogP) is 11.2. The van der Waals surface area contributed by atoms with Gasteiger partial charge in [-0.25, -0.2) is 0 Å². The Morgan fingerprint density at radius 2 is 1.04 bits per heavy atom. The van der Waals surface area contributed by atoms with Crippen LogP contribution in [0, 0.1) is 22.7 Å². The Kier molecular flexibility index (Phi) is 5.64. The van der Waals surface area contributed by atoms with Gasteiger partial charge in [0.15, 0.2) is 0 Å². The second-order valence-corrected chi connectivity index (χ2v) is 12.3. The quantitative estimate of drug-likeness (QED) is 0.196. The van der Waals surface area contributed by atoms with E-state index in [9.17, 15) is 10.5 Å². The van der Waals surface area contributed by atoms with Gasteiger partial charge in [-0.05, 0) is 60.2 Å². The van der Waals surface area contributed by atoms with Crippen LogP contribution in [0.2, 0.25) is 0 Å². The van der Waals surface area contributed by atoms with Gasteiger partial charge in [-0.2, -0.15) is 10.5 Å². The van der Waals surface area contributed by atoms with E-state index in [0.29, 0.717) is 16.8 Å². The molecule has 0 aliphatic heterocycles.